The molecule has 0 spiro atoms. The van der Waals surface area contributed by atoms with Crippen LogP contribution in [-0.2, 0) is 6.61 Å². The second kappa shape index (κ2) is 5.25. The summed E-state index contributed by atoms with van der Waals surface area (Å²) in [5, 5.41) is 0.605. The zero-order chi connectivity index (χ0) is 15.0. The Morgan fingerprint density at radius 1 is 1.43 bits per heavy atom. The maximum atomic E-state index is 13.4. The molecule has 7 heteroatoms. The lowest BCUT2D eigenvalue weighted by Gasteiger charge is -2.05. The van der Waals surface area contributed by atoms with E-state index in [1.807, 2.05) is 13.8 Å². The Balaban J connectivity index is 1.92. The van der Waals surface area contributed by atoms with Crippen molar-refractivity contribution in [1.82, 2.24) is 15.0 Å². The van der Waals surface area contributed by atoms with Gasteiger partial charge in [-0.25, -0.2) is 9.97 Å². The number of nitrogens with zero attached hydrogens (tertiary/aromatic N) is 2. The van der Waals surface area contributed by atoms with Crippen molar-refractivity contribution >= 4 is 21.6 Å². The number of aromatic nitrogens is 3. The fraction of sp³-hybridized carbons (Fsp3) is 0.214. The number of halogens is 1. The predicted molar refractivity (Wildman–Crippen MR) is 78.2 cm³/mol. The summed E-state index contributed by atoms with van der Waals surface area (Å²) in [6, 6.07) is 3.04. The molecule has 21 heavy (non-hydrogen) atoms. The van der Waals surface area contributed by atoms with Crippen LogP contribution in [0.25, 0.3) is 10.2 Å². The molecule has 0 saturated carbocycles. The van der Waals surface area contributed by atoms with E-state index in [0.717, 1.165) is 10.4 Å². The van der Waals surface area contributed by atoms with Crippen molar-refractivity contribution in [3.63, 3.8) is 0 Å². The van der Waals surface area contributed by atoms with E-state index in [9.17, 15) is 9.18 Å². The highest BCUT2D eigenvalue weighted by Crippen LogP contribution is 2.25. The number of thiophene rings is 1. The second-order valence-electron chi connectivity index (χ2n) is 4.56. The Labute approximate surface area is 123 Å². The quantitative estimate of drug-likeness (QED) is 0.755. The Morgan fingerprint density at radius 2 is 2.24 bits per heavy atom. The minimum absolute atomic E-state index is 0.0240. The summed E-state index contributed by atoms with van der Waals surface area (Å²) >= 11 is 1.46. The Hall–Kier alpha value is -2.28. The topological polar surface area (TPSA) is 67.9 Å². The summed E-state index contributed by atoms with van der Waals surface area (Å²) < 4.78 is 18.7. The van der Waals surface area contributed by atoms with E-state index in [0.29, 0.717) is 16.0 Å². The molecule has 3 aromatic rings. The summed E-state index contributed by atoms with van der Waals surface area (Å²) in [6.07, 6.45) is 1.34. The van der Waals surface area contributed by atoms with Gasteiger partial charge in [-0.3, -0.25) is 4.79 Å². The number of hydrogen-bond donors (Lipinski definition) is 1. The van der Waals surface area contributed by atoms with Crippen LogP contribution in [0.1, 0.15) is 16.3 Å². The lowest BCUT2D eigenvalue weighted by Crippen LogP contribution is -2.13. The summed E-state index contributed by atoms with van der Waals surface area (Å²) in [4.78, 5) is 24.3. The smallest absolute Gasteiger partial charge is 0.260 e. The van der Waals surface area contributed by atoms with Gasteiger partial charge in [-0.1, -0.05) is 0 Å². The first-order valence-corrected chi connectivity index (χ1v) is 7.10. The Bertz CT molecular complexity index is 872. The number of nitrogens with one attached hydrogen (secondary N) is 1. The maximum Gasteiger partial charge on any atom is 0.260 e. The minimum Gasteiger partial charge on any atom is -0.481 e. The molecule has 0 amide bonds. The highest BCUT2D eigenvalue weighted by atomic mass is 32.1. The van der Waals surface area contributed by atoms with E-state index in [1.54, 1.807) is 6.07 Å². The summed E-state index contributed by atoms with van der Waals surface area (Å²) in [5.74, 6) is -0.306. The first-order valence-electron chi connectivity index (χ1n) is 6.28. The van der Waals surface area contributed by atoms with Crippen molar-refractivity contribution in [2.24, 2.45) is 0 Å². The number of pyridine rings is 1. The molecule has 0 atom stereocenters. The zero-order valence-corrected chi connectivity index (χ0v) is 12.3. The Kier molecular flexibility index (Phi) is 3.42. The molecule has 108 valence electrons. The van der Waals surface area contributed by atoms with Crippen LogP contribution in [0.4, 0.5) is 4.39 Å². The molecule has 0 aromatic carbocycles. The van der Waals surface area contributed by atoms with Gasteiger partial charge in [0.15, 0.2) is 5.75 Å². The average Bonchev–Trinajstić information content (AvgIpc) is 2.73. The van der Waals surface area contributed by atoms with Crippen molar-refractivity contribution in [3.8, 4) is 5.75 Å². The first kappa shape index (κ1) is 13.7. The fourth-order valence-electron chi connectivity index (χ4n) is 1.99. The van der Waals surface area contributed by atoms with Crippen LogP contribution >= 0.6 is 11.3 Å². The van der Waals surface area contributed by atoms with Crippen molar-refractivity contribution < 1.29 is 9.13 Å². The van der Waals surface area contributed by atoms with Crippen LogP contribution in [0.15, 0.2) is 23.1 Å². The van der Waals surface area contributed by atoms with Gasteiger partial charge in [-0.2, -0.15) is 4.39 Å². The molecule has 5 nitrogen and oxygen atoms in total. The molecule has 0 saturated heterocycles. The van der Waals surface area contributed by atoms with Gasteiger partial charge in [0.2, 0.25) is 0 Å². The first-order chi connectivity index (χ1) is 10.1. The van der Waals surface area contributed by atoms with Gasteiger partial charge in [0, 0.05) is 11.1 Å². The van der Waals surface area contributed by atoms with Crippen molar-refractivity contribution in [2.75, 3.05) is 0 Å². The van der Waals surface area contributed by atoms with E-state index >= 15 is 0 Å². The number of fused-ring (bicyclic) bond motifs is 1. The van der Waals surface area contributed by atoms with Crippen molar-refractivity contribution in [2.45, 2.75) is 20.5 Å². The molecule has 0 aliphatic heterocycles. The third-order valence-electron chi connectivity index (χ3n) is 3.18. The molecular formula is C14H12FN3O2S. The number of rotatable bonds is 3. The van der Waals surface area contributed by atoms with Gasteiger partial charge >= 0.3 is 0 Å². The Morgan fingerprint density at radius 3 is 3.00 bits per heavy atom. The standard InChI is InChI=1S/C14H12FN3O2S/c1-7-8(2)21-14-11(7)13(19)17-10(18-14)6-20-9-4-3-5-16-12(9)15/h3-5H,6H2,1-2H3,(H,17,18,19). The van der Waals surface area contributed by atoms with Gasteiger partial charge in [-0.15, -0.1) is 11.3 Å². The predicted octanol–water partition coefficient (Wildman–Crippen LogP) is 2.71. The van der Waals surface area contributed by atoms with Crippen LogP contribution in [0, 0.1) is 19.8 Å². The van der Waals surface area contributed by atoms with Crippen LogP contribution in [0.3, 0.4) is 0 Å². The van der Waals surface area contributed by atoms with E-state index in [-0.39, 0.29) is 17.9 Å². The van der Waals surface area contributed by atoms with Gasteiger partial charge < -0.3 is 9.72 Å². The highest BCUT2D eigenvalue weighted by molar-refractivity contribution is 7.18. The molecule has 0 unspecified atom stereocenters. The van der Waals surface area contributed by atoms with Gasteiger partial charge in [0.1, 0.15) is 17.3 Å². The summed E-state index contributed by atoms with van der Waals surface area (Å²) in [7, 11) is 0. The molecule has 0 aliphatic rings. The van der Waals surface area contributed by atoms with Crippen molar-refractivity contribution in [3.05, 3.63) is 50.9 Å². The highest BCUT2D eigenvalue weighted by Gasteiger charge is 2.12. The van der Waals surface area contributed by atoms with Gasteiger partial charge in [0.05, 0.1) is 5.39 Å². The van der Waals surface area contributed by atoms with Crippen LogP contribution in [0.2, 0.25) is 0 Å². The summed E-state index contributed by atoms with van der Waals surface area (Å²) in [5.41, 5.74) is 0.738. The number of ether oxygens (including phenoxy) is 1. The van der Waals surface area contributed by atoms with E-state index < -0.39 is 5.95 Å². The third-order valence-corrected chi connectivity index (χ3v) is 4.28. The molecule has 0 fully saturated rings. The average molecular weight is 305 g/mol. The third kappa shape index (κ3) is 2.52. The number of aromatic amines is 1. The molecule has 3 heterocycles. The zero-order valence-electron chi connectivity index (χ0n) is 11.4. The largest absolute Gasteiger partial charge is 0.481 e. The van der Waals surface area contributed by atoms with E-state index in [4.69, 9.17) is 4.74 Å². The molecule has 0 bridgehead atoms. The monoisotopic (exact) mass is 305 g/mol. The lowest BCUT2D eigenvalue weighted by molar-refractivity contribution is 0.277. The molecular weight excluding hydrogens is 293 g/mol. The molecule has 3 rings (SSSR count). The number of hydrogen-bond acceptors (Lipinski definition) is 5. The normalized spacial score (nSPS) is 11.0. The number of H-pyrrole nitrogens is 1. The van der Waals surface area contributed by atoms with Gasteiger partial charge in [-0.05, 0) is 31.5 Å². The van der Waals surface area contributed by atoms with E-state index in [2.05, 4.69) is 15.0 Å². The van der Waals surface area contributed by atoms with Crippen LogP contribution in [0.5, 0.6) is 5.75 Å². The van der Waals surface area contributed by atoms with Gasteiger partial charge in [0.25, 0.3) is 11.5 Å². The molecule has 3 aromatic heterocycles. The fourth-order valence-corrected chi connectivity index (χ4v) is 3.04. The van der Waals surface area contributed by atoms with Crippen LogP contribution < -0.4 is 10.3 Å². The molecule has 1 N–H and O–H groups in total. The summed E-state index contributed by atoms with van der Waals surface area (Å²) in [6.45, 7) is 3.82. The molecule has 0 radical (unpaired) electrons. The minimum atomic E-state index is -0.691. The van der Waals surface area contributed by atoms with Crippen molar-refractivity contribution in [1.29, 1.82) is 0 Å². The lowest BCUT2D eigenvalue weighted by atomic mass is 10.2. The van der Waals surface area contributed by atoms with E-state index in [1.165, 1.54) is 23.6 Å². The molecule has 0 aliphatic carbocycles. The second-order valence-corrected chi connectivity index (χ2v) is 5.76. The number of aryl methyl sites for hydroxylation is 2. The SMILES string of the molecule is Cc1sc2nc(COc3cccnc3F)[nH]c(=O)c2c1C. The maximum absolute atomic E-state index is 13.4. The van der Waals surface area contributed by atoms with Crippen LogP contribution in [-0.4, -0.2) is 15.0 Å².